The van der Waals surface area contributed by atoms with Gasteiger partial charge in [0.05, 0.1) is 12.1 Å². The second-order valence-corrected chi connectivity index (χ2v) is 15.9. The van der Waals surface area contributed by atoms with Crippen LogP contribution in [-0.2, 0) is 0 Å². The van der Waals surface area contributed by atoms with E-state index in [1.807, 2.05) is 24.3 Å². The predicted molar refractivity (Wildman–Crippen MR) is 178 cm³/mol. The van der Waals surface area contributed by atoms with E-state index in [1.165, 1.54) is 69.8 Å². The summed E-state index contributed by atoms with van der Waals surface area (Å²) in [6.45, 7) is 0. The maximum absolute atomic E-state index is 12.5. The van der Waals surface area contributed by atoms with Crippen molar-refractivity contribution in [2.24, 2.45) is 0 Å². The molecule has 0 bridgehead atoms. The Morgan fingerprint density at radius 2 is 0.951 bits per heavy atom. The van der Waals surface area contributed by atoms with E-state index in [2.05, 4.69) is 78.1 Å². The van der Waals surface area contributed by atoms with Gasteiger partial charge in [0.2, 0.25) is 0 Å². The van der Waals surface area contributed by atoms with E-state index < -0.39 is 0 Å². The zero-order chi connectivity index (χ0) is 28.2. The Morgan fingerprint density at radius 3 is 1.37 bits per heavy atom. The molecule has 6 rings (SSSR count). The van der Waals surface area contributed by atoms with Crippen molar-refractivity contribution in [3.8, 4) is 0 Å². The molecule has 1 saturated heterocycles. The molecule has 2 saturated carbocycles. The molecule has 41 heavy (non-hydrogen) atoms. The quantitative estimate of drug-likeness (QED) is 0.282. The van der Waals surface area contributed by atoms with E-state index in [1.54, 1.807) is 5.06 Å². The first-order valence-electron chi connectivity index (χ1n) is 15.4. The third kappa shape index (κ3) is 7.00. The van der Waals surface area contributed by atoms with Gasteiger partial charge in [-0.1, -0.05) is 116 Å². The molecule has 1 unspecified atom stereocenters. The van der Waals surface area contributed by atoms with E-state index in [9.17, 15) is 5.21 Å². The molecule has 0 spiro atoms. The number of hydrogen-bond acceptors (Lipinski definition) is 4. The minimum atomic E-state index is -0.159. The van der Waals surface area contributed by atoms with Gasteiger partial charge in [-0.15, -0.1) is 0 Å². The van der Waals surface area contributed by atoms with E-state index in [4.69, 9.17) is 23.2 Å². The van der Waals surface area contributed by atoms with E-state index in [0.29, 0.717) is 10.5 Å². The Balaban J connectivity index is 1.50. The zero-order valence-corrected chi connectivity index (χ0v) is 26.7. The molecule has 0 radical (unpaired) electrons. The lowest BCUT2D eigenvalue weighted by Gasteiger charge is -2.53. The Bertz CT molecular complexity index is 1150. The van der Waals surface area contributed by atoms with Gasteiger partial charge in [0.15, 0.2) is 0 Å². The molecule has 218 valence electrons. The van der Waals surface area contributed by atoms with Crippen LogP contribution in [-0.4, -0.2) is 31.3 Å². The Morgan fingerprint density at radius 1 is 0.537 bits per heavy atom. The van der Waals surface area contributed by atoms with Crippen LogP contribution in [0.3, 0.4) is 0 Å². The summed E-state index contributed by atoms with van der Waals surface area (Å²) < 4.78 is 0. The fourth-order valence-electron chi connectivity index (χ4n) is 7.28. The smallest absolute Gasteiger partial charge is 0.0732 e. The van der Waals surface area contributed by atoms with Crippen molar-refractivity contribution in [1.82, 2.24) is 5.06 Å². The summed E-state index contributed by atoms with van der Waals surface area (Å²) in [5.41, 5.74) is 3.65. The second-order valence-electron chi connectivity index (χ2n) is 12.0. The lowest BCUT2D eigenvalue weighted by Crippen LogP contribution is -2.52. The van der Waals surface area contributed by atoms with Crippen molar-refractivity contribution in [1.29, 1.82) is 0 Å². The number of benzene rings is 3. The summed E-state index contributed by atoms with van der Waals surface area (Å²) in [4.78, 5) is 0. The molecule has 1 aliphatic heterocycles. The third-order valence-electron chi connectivity index (χ3n) is 9.31. The van der Waals surface area contributed by atoms with Gasteiger partial charge in [-0.25, -0.2) is 0 Å². The van der Waals surface area contributed by atoms with Crippen LogP contribution in [0.4, 0.5) is 0 Å². The number of thioether (sulfide) groups is 2. The van der Waals surface area contributed by atoms with Crippen LogP contribution in [0.25, 0.3) is 0 Å². The molecule has 3 aromatic carbocycles. The average molecular weight is 627 g/mol. The predicted octanol–water partition coefficient (Wildman–Crippen LogP) is 11.1. The lowest BCUT2D eigenvalue weighted by atomic mass is 9.77. The monoisotopic (exact) mass is 625 g/mol. The normalized spacial score (nSPS) is 28.5. The van der Waals surface area contributed by atoms with Crippen LogP contribution in [0.15, 0.2) is 78.9 Å². The summed E-state index contributed by atoms with van der Waals surface area (Å²) in [7, 11) is 0. The van der Waals surface area contributed by atoms with Crippen LogP contribution in [0.5, 0.6) is 0 Å². The van der Waals surface area contributed by atoms with Gasteiger partial charge in [0.1, 0.15) is 0 Å². The molecule has 0 amide bonds. The molecule has 3 aromatic rings. The van der Waals surface area contributed by atoms with E-state index in [0.717, 1.165) is 21.2 Å². The van der Waals surface area contributed by atoms with Crippen molar-refractivity contribution in [2.75, 3.05) is 0 Å². The molecular weight excluding hydrogens is 585 g/mol. The van der Waals surface area contributed by atoms with E-state index >= 15 is 0 Å². The molecule has 6 heteroatoms. The van der Waals surface area contributed by atoms with Gasteiger partial charge in [0.25, 0.3) is 0 Å². The SMILES string of the molecule is ON1[C@H](c2ccc(Cl)cc2)[C@@H](SC2CCCCC2)C(c2ccccc2)[C@H](SC2CCCCC2)[C@@H]1c1ccc(Cl)cc1. The number of nitrogens with zero attached hydrogens (tertiary/aromatic N) is 1. The van der Waals surface area contributed by atoms with Gasteiger partial charge in [0, 0.05) is 37.0 Å². The summed E-state index contributed by atoms with van der Waals surface area (Å²) in [5, 5.41) is 17.3. The molecule has 2 aliphatic carbocycles. The summed E-state index contributed by atoms with van der Waals surface area (Å²) in [6.07, 6.45) is 13.0. The van der Waals surface area contributed by atoms with Gasteiger partial charge in [-0.3, -0.25) is 0 Å². The van der Waals surface area contributed by atoms with Crippen molar-refractivity contribution in [2.45, 2.75) is 103 Å². The summed E-state index contributed by atoms with van der Waals surface area (Å²) in [6, 6.07) is 27.3. The minimum Gasteiger partial charge on any atom is -0.313 e. The van der Waals surface area contributed by atoms with Gasteiger partial charge in [-0.05, 0) is 66.6 Å². The highest BCUT2D eigenvalue weighted by Crippen LogP contribution is 2.58. The number of halogens is 2. The highest BCUT2D eigenvalue weighted by atomic mass is 35.5. The van der Waals surface area contributed by atoms with Crippen molar-refractivity contribution < 1.29 is 5.21 Å². The second kappa shape index (κ2) is 14.1. The Kier molecular flexibility index (Phi) is 10.3. The number of rotatable bonds is 7. The van der Waals surface area contributed by atoms with Gasteiger partial charge in [-0.2, -0.15) is 28.6 Å². The number of hydroxylamine groups is 2. The molecule has 5 atom stereocenters. The summed E-state index contributed by atoms with van der Waals surface area (Å²) in [5.74, 6) is 0.278. The van der Waals surface area contributed by atoms with Gasteiger partial charge >= 0.3 is 0 Å². The molecule has 3 aliphatic rings. The lowest BCUT2D eigenvalue weighted by molar-refractivity contribution is -0.181. The average Bonchev–Trinajstić information content (AvgIpc) is 3.00. The third-order valence-corrected chi connectivity index (χ3v) is 13.3. The molecule has 1 N–H and O–H groups in total. The number of hydrogen-bond donors (Lipinski definition) is 1. The molecule has 0 aromatic heterocycles. The first-order chi connectivity index (χ1) is 20.1. The van der Waals surface area contributed by atoms with Crippen LogP contribution < -0.4 is 0 Å². The van der Waals surface area contributed by atoms with Crippen LogP contribution >= 0.6 is 46.7 Å². The molecular formula is C35H41Cl2NOS2. The highest BCUT2D eigenvalue weighted by molar-refractivity contribution is 8.01. The largest absolute Gasteiger partial charge is 0.313 e. The maximum Gasteiger partial charge on any atom is 0.0732 e. The number of piperidine rings is 1. The first kappa shape index (κ1) is 29.9. The minimum absolute atomic E-state index is 0.159. The van der Waals surface area contributed by atoms with Crippen LogP contribution in [0.1, 0.15) is 98.9 Å². The maximum atomic E-state index is 12.5. The van der Waals surface area contributed by atoms with Gasteiger partial charge < -0.3 is 5.21 Å². The van der Waals surface area contributed by atoms with Crippen LogP contribution in [0.2, 0.25) is 10.0 Å². The molecule has 3 fully saturated rings. The van der Waals surface area contributed by atoms with E-state index in [-0.39, 0.29) is 28.5 Å². The fraction of sp³-hybridized carbons (Fsp3) is 0.486. The van der Waals surface area contributed by atoms with Crippen LogP contribution in [0, 0.1) is 0 Å². The Labute approximate surface area is 264 Å². The van der Waals surface area contributed by atoms with Crippen molar-refractivity contribution in [3.05, 3.63) is 106 Å². The zero-order valence-electron chi connectivity index (χ0n) is 23.6. The fourth-order valence-corrected chi connectivity index (χ4v) is 11.6. The summed E-state index contributed by atoms with van der Waals surface area (Å²) >= 11 is 17.1. The van der Waals surface area contributed by atoms with Crippen molar-refractivity contribution >= 4 is 46.7 Å². The highest BCUT2D eigenvalue weighted by Gasteiger charge is 2.52. The first-order valence-corrected chi connectivity index (χ1v) is 18.1. The standard InChI is InChI=1S/C35H41Cl2NOS2/c36-27-20-16-25(17-21-27)32-34(40-29-12-6-2-7-13-29)31(24-10-4-1-5-11-24)35(41-30-14-8-3-9-15-30)33(38(32)39)26-18-22-28(37)23-19-26/h1,4-5,10-11,16-23,29-35,39H,2-3,6-9,12-15H2/t31?,32-,33+,34-,35-/m0/s1. The molecule has 2 nitrogen and oxygen atoms in total. The topological polar surface area (TPSA) is 23.5 Å². The van der Waals surface area contributed by atoms with Crippen molar-refractivity contribution in [3.63, 3.8) is 0 Å². The molecule has 1 heterocycles. The Hall–Kier alpha value is -1.14.